The molecule has 1 amide bonds. The minimum Gasteiger partial charge on any atom is -0.375 e. The van der Waals surface area contributed by atoms with Gasteiger partial charge in [-0.1, -0.05) is 51.6 Å². The number of amides is 1. The monoisotopic (exact) mass is 473 g/mol. The van der Waals surface area contributed by atoms with Crippen molar-refractivity contribution in [2.75, 3.05) is 13.2 Å². The molecule has 7 nitrogen and oxygen atoms in total. The first kappa shape index (κ1) is 31.8. The van der Waals surface area contributed by atoms with Gasteiger partial charge < -0.3 is 26.6 Å². The van der Waals surface area contributed by atoms with Crippen LogP contribution < -0.4 is 21.9 Å². The molecule has 0 aromatic heterocycles. The highest BCUT2D eigenvalue weighted by molar-refractivity contribution is 7.76. The summed E-state index contributed by atoms with van der Waals surface area (Å²) >= 11 is 0. The van der Waals surface area contributed by atoms with Gasteiger partial charge in [-0.05, 0) is 30.7 Å². The Labute approximate surface area is 196 Å². The van der Waals surface area contributed by atoms with Gasteiger partial charge in [0, 0.05) is 6.54 Å². The van der Waals surface area contributed by atoms with Gasteiger partial charge in [0.25, 0.3) is 0 Å². The Morgan fingerprint density at radius 1 is 1.32 bits per heavy atom. The summed E-state index contributed by atoms with van der Waals surface area (Å²) in [5.41, 5.74) is 12.5. The third-order valence-electron chi connectivity index (χ3n) is 4.05. The molecule has 2 radical (unpaired) electrons. The molecule has 0 saturated heterocycles. The van der Waals surface area contributed by atoms with Crippen LogP contribution in [0.3, 0.4) is 0 Å². The van der Waals surface area contributed by atoms with E-state index in [2.05, 4.69) is 29.2 Å². The molecular weight excluding hydrogens is 435 g/mol. The van der Waals surface area contributed by atoms with Gasteiger partial charge in [0.15, 0.2) is 13.5 Å². The van der Waals surface area contributed by atoms with Crippen molar-refractivity contribution in [3.63, 3.8) is 0 Å². The van der Waals surface area contributed by atoms with Gasteiger partial charge in [0.05, 0.1) is 25.3 Å². The number of carbonyl (C=O) groups excluding carboxylic acids is 1. The van der Waals surface area contributed by atoms with Crippen molar-refractivity contribution in [2.24, 2.45) is 22.4 Å². The van der Waals surface area contributed by atoms with Crippen LogP contribution in [-0.2, 0) is 16.1 Å². The van der Waals surface area contributed by atoms with E-state index >= 15 is 0 Å². The first-order valence-electron chi connectivity index (χ1n) is 9.72. The number of aliphatic imine (C=N–C) groups is 1. The number of nitrogens with zero attached hydrogens (tertiary/aromatic N) is 1. The zero-order valence-corrected chi connectivity index (χ0v) is 19.6. The molecule has 1 unspecified atom stereocenters. The predicted octanol–water partition coefficient (Wildman–Crippen LogP) is 2.86. The molecule has 0 spiro atoms. The van der Waals surface area contributed by atoms with E-state index in [0.29, 0.717) is 38.5 Å². The number of hydrogen-bond donors (Lipinski definition) is 4. The lowest BCUT2D eigenvalue weighted by molar-refractivity contribution is -0.123. The van der Waals surface area contributed by atoms with Gasteiger partial charge >= 0.3 is 0 Å². The number of hydrogen-bond acceptors (Lipinski definition) is 4. The zero-order valence-electron chi connectivity index (χ0n) is 17.7. The summed E-state index contributed by atoms with van der Waals surface area (Å²) in [6.07, 6.45) is 1.78. The molecule has 0 fully saturated rings. The van der Waals surface area contributed by atoms with Crippen molar-refractivity contribution in [3.8, 4) is 0 Å². The highest BCUT2D eigenvalue weighted by atomic mass is 32.1. The summed E-state index contributed by atoms with van der Waals surface area (Å²) in [5.74, 6) is 0.139. The molecule has 0 aliphatic heterocycles. The number of ether oxygens (including phenoxy) is 1. The molecule has 0 aliphatic rings. The summed E-state index contributed by atoms with van der Waals surface area (Å²) < 4.78 is 18.4. The molecular formula is C20H38BFN5O2PS. The smallest absolute Gasteiger partial charge is 0.237 e. The van der Waals surface area contributed by atoms with Gasteiger partial charge in [-0.15, -0.1) is 0 Å². The van der Waals surface area contributed by atoms with Crippen molar-refractivity contribution in [1.29, 1.82) is 0 Å². The molecule has 3 atom stereocenters. The fraction of sp³-hybridized carbons (Fsp3) is 0.600. The normalized spacial score (nSPS) is 14.0. The third-order valence-corrected chi connectivity index (χ3v) is 4.49. The Balaban J connectivity index is 0. The van der Waals surface area contributed by atoms with Crippen LogP contribution in [0.2, 0.25) is 0 Å². The molecule has 176 valence electrons. The second kappa shape index (κ2) is 18.2. The number of guanidine groups is 1. The Morgan fingerprint density at radius 2 is 1.97 bits per heavy atom. The summed E-state index contributed by atoms with van der Waals surface area (Å²) in [5, 5.41) is 5.19. The van der Waals surface area contributed by atoms with Gasteiger partial charge in [0.1, 0.15) is 8.26 Å². The van der Waals surface area contributed by atoms with Crippen LogP contribution in [0.1, 0.15) is 46.1 Å². The van der Waals surface area contributed by atoms with Crippen LogP contribution in [0.25, 0.3) is 0 Å². The van der Waals surface area contributed by atoms with Crippen molar-refractivity contribution in [3.05, 3.63) is 35.9 Å². The summed E-state index contributed by atoms with van der Waals surface area (Å²) in [4.78, 5) is 16.4. The standard InChI is InChI=1S/C19H32BFN5O2P.CH4.H2S/c1-14(2)11-16(13-28-12-15-7-4-3-5-8-15)25-18(27)17(22)9-6-10-24-19(23)26-29(20)21;;/h3-5,7-8,14,16-17H,6,9-13,22H2,1-2H3,(H,25,27)(H3,23,24,26);1H4;1H2/t16-,17+,29?;;/m0../s1. The lowest BCUT2D eigenvalue weighted by Crippen LogP contribution is -2.47. The van der Waals surface area contributed by atoms with Crippen LogP contribution in [0, 0.1) is 5.92 Å². The average Bonchev–Trinajstić information content (AvgIpc) is 2.64. The van der Waals surface area contributed by atoms with E-state index < -0.39 is 14.3 Å². The van der Waals surface area contributed by atoms with Gasteiger partial charge in [-0.25, -0.2) is 4.20 Å². The van der Waals surface area contributed by atoms with Crippen LogP contribution in [-0.4, -0.2) is 44.7 Å². The van der Waals surface area contributed by atoms with Crippen molar-refractivity contribution in [1.82, 2.24) is 10.4 Å². The first-order valence-corrected chi connectivity index (χ1v) is 11.0. The van der Waals surface area contributed by atoms with E-state index in [1.807, 2.05) is 30.3 Å². The number of benzene rings is 1. The maximum absolute atomic E-state index is 12.6. The third kappa shape index (κ3) is 16.0. The number of nitrogens with one attached hydrogen (secondary N) is 2. The number of rotatable bonds is 13. The van der Waals surface area contributed by atoms with E-state index in [-0.39, 0.29) is 38.8 Å². The minimum absolute atomic E-state index is 0. The maximum Gasteiger partial charge on any atom is 0.237 e. The van der Waals surface area contributed by atoms with E-state index in [4.69, 9.17) is 23.8 Å². The highest BCUT2D eigenvalue weighted by Crippen LogP contribution is 2.22. The van der Waals surface area contributed by atoms with Crippen molar-refractivity contribution >= 4 is 41.2 Å². The van der Waals surface area contributed by atoms with Gasteiger partial charge in [-0.2, -0.15) is 13.5 Å². The fourth-order valence-electron chi connectivity index (χ4n) is 2.73. The minimum atomic E-state index is -2.33. The predicted molar refractivity (Wildman–Crippen MR) is 135 cm³/mol. The molecule has 31 heavy (non-hydrogen) atoms. The van der Waals surface area contributed by atoms with Crippen LogP contribution in [0.5, 0.6) is 0 Å². The topological polar surface area (TPSA) is 115 Å². The lowest BCUT2D eigenvalue weighted by Gasteiger charge is -2.22. The SMILES string of the molecule is C.S.[B]P(F)NC(N)=NCCC[C@@H](N)C(=O)N[C@H](COCc1ccccc1)CC(C)C. The highest BCUT2D eigenvalue weighted by Gasteiger charge is 2.19. The van der Waals surface area contributed by atoms with Crippen molar-refractivity contribution in [2.45, 2.75) is 59.2 Å². The number of carbonyl (C=O) groups is 1. The van der Waals surface area contributed by atoms with E-state index in [1.165, 1.54) is 0 Å². The molecule has 0 aliphatic carbocycles. The van der Waals surface area contributed by atoms with E-state index in [0.717, 1.165) is 12.0 Å². The average molecular weight is 473 g/mol. The Morgan fingerprint density at radius 3 is 2.55 bits per heavy atom. The van der Waals surface area contributed by atoms with Crippen LogP contribution in [0.15, 0.2) is 35.3 Å². The molecule has 1 aromatic rings. The maximum atomic E-state index is 12.6. The Bertz CT molecular complexity index is 629. The Hall–Kier alpha value is -1.35. The van der Waals surface area contributed by atoms with Gasteiger partial charge in [-0.3, -0.25) is 9.79 Å². The molecule has 1 aromatic carbocycles. The molecule has 1 rings (SSSR count). The first-order chi connectivity index (χ1) is 13.8. The number of halogens is 1. The second-order valence-corrected chi connectivity index (χ2v) is 8.12. The van der Waals surface area contributed by atoms with E-state index in [9.17, 15) is 8.99 Å². The molecule has 6 N–H and O–H groups in total. The summed E-state index contributed by atoms with van der Waals surface area (Å²) in [7, 11) is 2.65. The second-order valence-electron chi connectivity index (χ2n) is 7.27. The largest absolute Gasteiger partial charge is 0.375 e. The molecule has 0 heterocycles. The number of nitrogens with two attached hydrogens (primary N) is 2. The summed E-state index contributed by atoms with van der Waals surface area (Å²) in [6, 6.07) is 9.12. The molecule has 11 heteroatoms. The van der Waals surface area contributed by atoms with Crippen LogP contribution in [0.4, 0.5) is 4.20 Å². The van der Waals surface area contributed by atoms with Gasteiger partial charge in [0.2, 0.25) is 5.91 Å². The quantitative estimate of drug-likeness (QED) is 0.116. The lowest BCUT2D eigenvalue weighted by atomic mass is 10.0. The van der Waals surface area contributed by atoms with Crippen molar-refractivity contribution < 1.29 is 13.7 Å². The molecule has 0 bridgehead atoms. The van der Waals surface area contributed by atoms with Crippen LogP contribution >= 0.6 is 21.8 Å². The fourth-order valence-corrected chi connectivity index (χ4v) is 3.02. The van der Waals surface area contributed by atoms with E-state index in [1.54, 1.807) is 0 Å². The zero-order chi connectivity index (χ0) is 21.6. The Kier molecular flexibility index (Phi) is 18.7. The summed E-state index contributed by atoms with van der Waals surface area (Å²) in [6.45, 7) is 5.44. The molecule has 0 saturated carbocycles.